The number of hydrogen-bond acceptors (Lipinski definition) is 3. The van der Waals surface area contributed by atoms with E-state index in [9.17, 15) is 13.2 Å². The molecule has 1 aromatic carbocycles. The SMILES string of the molecule is O=C1CCC(S(=O)(=O)c2ccccc2Cl)CCN1. The van der Waals surface area contributed by atoms with Crippen LogP contribution in [-0.2, 0) is 14.6 Å². The van der Waals surface area contributed by atoms with E-state index < -0.39 is 15.1 Å². The van der Waals surface area contributed by atoms with E-state index in [1.165, 1.54) is 6.07 Å². The molecular weight excluding hydrogens is 274 g/mol. The highest BCUT2D eigenvalue weighted by atomic mass is 35.5. The summed E-state index contributed by atoms with van der Waals surface area (Å²) in [6, 6.07) is 6.42. The number of nitrogens with one attached hydrogen (secondary N) is 1. The Hall–Kier alpha value is -1.07. The Morgan fingerprint density at radius 3 is 2.67 bits per heavy atom. The summed E-state index contributed by atoms with van der Waals surface area (Å²) in [5, 5.41) is 2.37. The molecule has 0 aliphatic carbocycles. The Balaban J connectivity index is 2.31. The number of sulfone groups is 1. The van der Waals surface area contributed by atoms with Gasteiger partial charge in [0.25, 0.3) is 0 Å². The summed E-state index contributed by atoms with van der Waals surface area (Å²) in [7, 11) is -3.46. The number of halogens is 1. The average Bonchev–Trinajstić information content (AvgIpc) is 2.54. The second-order valence-corrected chi connectivity index (χ2v) is 6.88. The fourth-order valence-corrected chi connectivity index (χ4v) is 4.34. The van der Waals surface area contributed by atoms with Crippen molar-refractivity contribution < 1.29 is 13.2 Å². The number of carbonyl (C=O) groups excluding carboxylic acids is 1. The summed E-state index contributed by atoms with van der Waals surface area (Å²) in [5.74, 6) is -0.0909. The van der Waals surface area contributed by atoms with Gasteiger partial charge >= 0.3 is 0 Å². The van der Waals surface area contributed by atoms with Gasteiger partial charge in [0.1, 0.15) is 0 Å². The minimum Gasteiger partial charge on any atom is -0.356 e. The highest BCUT2D eigenvalue weighted by Gasteiger charge is 2.30. The molecule has 6 heteroatoms. The van der Waals surface area contributed by atoms with Gasteiger partial charge in [-0.1, -0.05) is 23.7 Å². The van der Waals surface area contributed by atoms with E-state index in [0.29, 0.717) is 19.4 Å². The van der Waals surface area contributed by atoms with Crippen LogP contribution in [0.4, 0.5) is 0 Å². The molecule has 1 amide bonds. The Morgan fingerprint density at radius 1 is 1.22 bits per heavy atom. The van der Waals surface area contributed by atoms with E-state index in [0.717, 1.165) is 0 Å². The molecule has 1 unspecified atom stereocenters. The van der Waals surface area contributed by atoms with Gasteiger partial charge in [0.05, 0.1) is 15.2 Å². The fraction of sp³-hybridized carbons (Fsp3) is 0.417. The molecule has 1 saturated heterocycles. The lowest BCUT2D eigenvalue weighted by Gasteiger charge is -2.15. The summed E-state index contributed by atoms with van der Waals surface area (Å²) in [5.41, 5.74) is 0. The zero-order valence-corrected chi connectivity index (χ0v) is 11.3. The predicted molar refractivity (Wildman–Crippen MR) is 69.3 cm³/mol. The molecular formula is C12H14ClNO3S. The molecule has 2 rings (SSSR count). The molecule has 1 heterocycles. The van der Waals surface area contributed by atoms with Crippen LogP contribution in [0.25, 0.3) is 0 Å². The third kappa shape index (κ3) is 2.67. The van der Waals surface area contributed by atoms with Crippen LogP contribution in [0.3, 0.4) is 0 Å². The molecule has 1 aliphatic rings. The predicted octanol–water partition coefficient (Wildman–Crippen LogP) is 1.78. The standard InChI is InChI=1S/C12H14ClNO3S/c13-10-3-1-2-4-11(10)18(16,17)9-5-6-12(15)14-8-7-9/h1-4,9H,5-8H2,(H,14,15). The lowest BCUT2D eigenvalue weighted by Crippen LogP contribution is -2.24. The minimum atomic E-state index is -3.46. The Kier molecular flexibility index (Phi) is 3.92. The first-order chi connectivity index (χ1) is 8.51. The molecule has 0 saturated carbocycles. The van der Waals surface area contributed by atoms with Crippen LogP contribution < -0.4 is 5.32 Å². The molecule has 1 N–H and O–H groups in total. The van der Waals surface area contributed by atoms with E-state index in [1.807, 2.05) is 0 Å². The summed E-state index contributed by atoms with van der Waals surface area (Å²) < 4.78 is 24.9. The highest BCUT2D eigenvalue weighted by Crippen LogP contribution is 2.28. The number of hydrogen-bond donors (Lipinski definition) is 1. The van der Waals surface area contributed by atoms with E-state index in [4.69, 9.17) is 11.6 Å². The summed E-state index contributed by atoms with van der Waals surface area (Å²) >= 11 is 5.94. The van der Waals surface area contributed by atoms with Crippen molar-refractivity contribution in [3.8, 4) is 0 Å². The number of amides is 1. The molecule has 98 valence electrons. The number of carbonyl (C=O) groups is 1. The molecule has 1 atom stereocenters. The van der Waals surface area contributed by atoms with Crippen molar-refractivity contribution in [2.45, 2.75) is 29.4 Å². The van der Waals surface area contributed by atoms with Crippen molar-refractivity contribution in [1.29, 1.82) is 0 Å². The molecule has 0 bridgehead atoms. The van der Waals surface area contributed by atoms with Crippen LogP contribution in [0.1, 0.15) is 19.3 Å². The third-order valence-corrected chi connectivity index (χ3v) is 5.82. The van der Waals surface area contributed by atoms with Gasteiger partial charge in [-0.05, 0) is 25.0 Å². The lowest BCUT2D eigenvalue weighted by molar-refractivity contribution is -0.120. The molecule has 1 aromatic rings. The van der Waals surface area contributed by atoms with Crippen LogP contribution >= 0.6 is 11.6 Å². The van der Waals surface area contributed by atoms with Crippen molar-refractivity contribution in [2.24, 2.45) is 0 Å². The van der Waals surface area contributed by atoms with E-state index in [-0.39, 0.29) is 22.2 Å². The minimum absolute atomic E-state index is 0.0909. The van der Waals surface area contributed by atoms with E-state index in [1.54, 1.807) is 18.2 Å². The van der Waals surface area contributed by atoms with Crippen LogP contribution in [0.15, 0.2) is 29.2 Å². The summed E-state index contributed by atoms with van der Waals surface area (Å²) in [4.78, 5) is 11.4. The first kappa shape index (κ1) is 13.4. The third-order valence-electron chi connectivity index (χ3n) is 3.06. The zero-order chi connectivity index (χ0) is 13.2. The van der Waals surface area contributed by atoms with Gasteiger partial charge in [0, 0.05) is 13.0 Å². The van der Waals surface area contributed by atoms with Gasteiger partial charge in [-0.25, -0.2) is 8.42 Å². The first-order valence-electron chi connectivity index (χ1n) is 5.77. The van der Waals surface area contributed by atoms with Crippen molar-refractivity contribution in [3.05, 3.63) is 29.3 Å². The molecule has 0 spiro atoms. The van der Waals surface area contributed by atoms with Crippen molar-refractivity contribution in [1.82, 2.24) is 5.32 Å². The molecule has 0 aromatic heterocycles. The number of benzene rings is 1. The van der Waals surface area contributed by atoms with Gasteiger partial charge in [-0.15, -0.1) is 0 Å². The highest BCUT2D eigenvalue weighted by molar-refractivity contribution is 7.92. The van der Waals surface area contributed by atoms with Crippen molar-refractivity contribution in [3.63, 3.8) is 0 Å². The van der Waals surface area contributed by atoms with E-state index >= 15 is 0 Å². The molecule has 1 fully saturated rings. The quantitative estimate of drug-likeness (QED) is 0.902. The van der Waals surface area contributed by atoms with Crippen LogP contribution in [0, 0.1) is 0 Å². The average molecular weight is 288 g/mol. The van der Waals surface area contributed by atoms with E-state index in [2.05, 4.69) is 5.32 Å². The van der Waals surface area contributed by atoms with Crippen LogP contribution in [0.5, 0.6) is 0 Å². The molecule has 4 nitrogen and oxygen atoms in total. The molecule has 1 aliphatic heterocycles. The first-order valence-corrected chi connectivity index (χ1v) is 7.69. The Morgan fingerprint density at radius 2 is 1.94 bits per heavy atom. The molecule has 0 radical (unpaired) electrons. The number of rotatable bonds is 2. The van der Waals surface area contributed by atoms with Gasteiger partial charge in [-0.3, -0.25) is 4.79 Å². The second kappa shape index (κ2) is 5.28. The van der Waals surface area contributed by atoms with Gasteiger partial charge < -0.3 is 5.32 Å². The normalized spacial score (nSPS) is 21.2. The summed E-state index contributed by atoms with van der Waals surface area (Å²) in [6.45, 7) is 0.396. The van der Waals surface area contributed by atoms with Crippen LogP contribution in [-0.4, -0.2) is 26.1 Å². The maximum atomic E-state index is 12.4. The van der Waals surface area contributed by atoms with Gasteiger partial charge in [-0.2, -0.15) is 0 Å². The second-order valence-electron chi connectivity index (χ2n) is 4.27. The summed E-state index contributed by atoms with van der Waals surface area (Å²) in [6.07, 6.45) is 1.02. The largest absolute Gasteiger partial charge is 0.356 e. The Bertz CT molecular complexity index is 556. The van der Waals surface area contributed by atoms with Gasteiger partial charge in [0.15, 0.2) is 9.84 Å². The maximum absolute atomic E-state index is 12.4. The monoisotopic (exact) mass is 287 g/mol. The van der Waals surface area contributed by atoms with Crippen molar-refractivity contribution in [2.75, 3.05) is 6.54 Å². The zero-order valence-electron chi connectivity index (χ0n) is 9.73. The molecule has 18 heavy (non-hydrogen) atoms. The van der Waals surface area contributed by atoms with Gasteiger partial charge in [0.2, 0.25) is 5.91 Å². The smallest absolute Gasteiger partial charge is 0.220 e. The Labute approximate surface area is 111 Å². The lowest BCUT2D eigenvalue weighted by atomic mass is 10.2. The maximum Gasteiger partial charge on any atom is 0.220 e. The fourth-order valence-electron chi connectivity index (χ4n) is 2.06. The topological polar surface area (TPSA) is 63.2 Å². The van der Waals surface area contributed by atoms with Crippen molar-refractivity contribution >= 4 is 27.3 Å². The van der Waals surface area contributed by atoms with Crippen LogP contribution in [0.2, 0.25) is 5.02 Å².